The predicted molar refractivity (Wildman–Crippen MR) is 49.2 cm³/mol. The first-order valence-corrected chi connectivity index (χ1v) is 5.35. The van der Waals surface area contributed by atoms with E-state index in [9.17, 15) is 13.2 Å². The number of alkyl halides is 3. The number of nitrogens with two attached hydrogens (primary N) is 1. The van der Waals surface area contributed by atoms with Crippen LogP contribution in [0, 0.1) is 11.8 Å². The molecule has 2 fully saturated rings. The highest BCUT2D eigenvalue weighted by Gasteiger charge is 2.50. The zero-order valence-corrected chi connectivity index (χ0v) is 8.63. The van der Waals surface area contributed by atoms with Crippen molar-refractivity contribution in [2.45, 2.75) is 50.6 Å². The second kappa shape index (κ2) is 3.63. The van der Waals surface area contributed by atoms with Gasteiger partial charge in [0.15, 0.2) is 0 Å². The molecule has 0 amide bonds. The third-order valence-electron chi connectivity index (χ3n) is 3.58. The minimum absolute atomic E-state index is 0.0537. The van der Waals surface area contributed by atoms with Gasteiger partial charge in [-0.25, -0.2) is 0 Å². The highest BCUT2D eigenvalue weighted by molar-refractivity contribution is 4.95. The monoisotopic (exact) mass is 223 g/mol. The highest BCUT2D eigenvalue weighted by Crippen LogP contribution is 2.44. The Labute approximate surface area is 87.0 Å². The van der Waals surface area contributed by atoms with Crippen molar-refractivity contribution < 1.29 is 17.9 Å². The van der Waals surface area contributed by atoms with Gasteiger partial charge in [-0.05, 0) is 26.2 Å². The highest BCUT2D eigenvalue weighted by atomic mass is 19.4. The van der Waals surface area contributed by atoms with Gasteiger partial charge >= 0.3 is 6.18 Å². The van der Waals surface area contributed by atoms with Crippen molar-refractivity contribution in [2.75, 3.05) is 0 Å². The van der Waals surface area contributed by atoms with Crippen molar-refractivity contribution in [3.05, 3.63) is 0 Å². The topological polar surface area (TPSA) is 35.2 Å². The molecule has 2 aliphatic rings. The van der Waals surface area contributed by atoms with Gasteiger partial charge in [-0.2, -0.15) is 13.2 Å². The Balaban J connectivity index is 2.07. The molecule has 2 nitrogen and oxygen atoms in total. The van der Waals surface area contributed by atoms with E-state index in [1.165, 1.54) is 0 Å². The predicted octanol–water partition coefficient (Wildman–Crippen LogP) is 2.08. The SMILES string of the molecule is CC1CC2C(N)CC(C(F)(F)F)CC2O1. The molecular weight excluding hydrogens is 207 g/mol. The summed E-state index contributed by atoms with van der Waals surface area (Å²) >= 11 is 0. The van der Waals surface area contributed by atoms with Crippen LogP contribution in [0.4, 0.5) is 13.2 Å². The van der Waals surface area contributed by atoms with Crippen LogP contribution < -0.4 is 5.73 Å². The Kier molecular flexibility index (Phi) is 2.71. The Morgan fingerprint density at radius 2 is 1.87 bits per heavy atom. The van der Waals surface area contributed by atoms with E-state index in [2.05, 4.69) is 0 Å². The van der Waals surface area contributed by atoms with Crippen LogP contribution in [0.5, 0.6) is 0 Å². The molecule has 88 valence electrons. The minimum Gasteiger partial charge on any atom is -0.375 e. The number of fused-ring (bicyclic) bond motifs is 1. The lowest BCUT2D eigenvalue weighted by Gasteiger charge is -2.36. The normalized spacial score (nSPS) is 46.6. The Morgan fingerprint density at radius 3 is 2.47 bits per heavy atom. The van der Waals surface area contributed by atoms with Gasteiger partial charge in [-0.15, -0.1) is 0 Å². The molecule has 1 aliphatic heterocycles. The van der Waals surface area contributed by atoms with Crippen LogP contribution in [0.15, 0.2) is 0 Å². The molecule has 0 aromatic carbocycles. The third kappa shape index (κ3) is 2.13. The van der Waals surface area contributed by atoms with Gasteiger partial charge in [0.25, 0.3) is 0 Å². The van der Waals surface area contributed by atoms with Crippen LogP contribution in [-0.2, 0) is 4.74 Å². The van der Waals surface area contributed by atoms with E-state index in [0.717, 1.165) is 6.42 Å². The second-order valence-electron chi connectivity index (χ2n) is 4.76. The van der Waals surface area contributed by atoms with Crippen LogP contribution in [0.25, 0.3) is 0 Å². The van der Waals surface area contributed by atoms with Gasteiger partial charge in [0.1, 0.15) is 0 Å². The first-order chi connectivity index (χ1) is 6.88. The van der Waals surface area contributed by atoms with Crippen LogP contribution in [0.1, 0.15) is 26.2 Å². The number of rotatable bonds is 0. The summed E-state index contributed by atoms with van der Waals surface area (Å²) in [4.78, 5) is 0. The molecule has 2 N–H and O–H groups in total. The molecule has 1 aliphatic carbocycles. The van der Waals surface area contributed by atoms with E-state index in [1.807, 2.05) is 6.92 Å². The molecule has 1 heterocycles. The molecule has 0 bridgehead atoms. The molecule has 2 rings (SSSR count). The van der Waals surface area contributed by atoms with Gasteiger partial charge in [0.2, 0.25) is 0 Å². The van der Waals surface area contributed by atoms with E-state index < -0.39 is 12.1 Å². The Bertz CT molecular complexity index is 243. The van der Waals surface area contributed by atoms with E-state index in [0.29, 0.717) is 0 Å². The average Bonchev–Trinajstić information content (AvgIpc) is 2.44. The zero-order valence-electron chi connectivity index (χ0n) is 8.63. The van der Waals surface area contributed by atoms with Crippen LogP contribution in [0.3, 0.4) is 0 Å². The maximum atomic E-state index is 12.6. The molecule has 1 saturated heterocycles. The van der Waals surface area contributed by atoms with Crippen LogP contribution in [-0.4, -0.2) is 24.4 Å². The van der Waals surface area contributed by atoms with Gasteiger partial charge in [0, 0.05) is 12.0 Å². The summed E-state index contributed by atoms with van der Waals surface area (Å²) in [5, 5.41) is 0. The lowest BCUT2D eigenvalue weighted by atomic mass is 9.76. The molecular formula is C10H16F3NO. The molecule has 5 atom stereocenters. The van der Waals surface area contributed by atoms with Crippen molar-refractivity contribution in [2.24, 2.45) is 17.6 Å². The number of halogens is 3. The quantitative estimate of drug-likeness (QED) is 0.682. The van der Waals surface area contributed by atoms with Gasteiger partial charge in [0.05, 0.1) is 18.1 Å². The van der Waals surface area contributed by atoms with Crippen LogP contribution >= 0.6 is 0 Å². The lowest BCUT2D eigenvalue weighted by Crippen LogP contribution is -2.46. The summed E-state index contributed by atoms with van der Waals surface area (Å²) in [6.07, 6.45) is -3.41. The molecule has 0 radical (unpaired) electrons. The molecule has 5 unspecified atom stereocenters. The number of hydrogen-bond acceptors (Lipinski definition) is 2. The van der Waals surface area contributed by atoms with Crippen LogP contribution in [0.2, 0.25) is 0 Å². The molecule has 0 aromatic rings. The summed E-state index contributed by atoms with van der Waals surface area (Å²) in [5.74, 6) is -1.15. The zero-order chi connectivity index (χ0) is 11.2. The number of hydrogen-bond donors (Lipinski definition) is 1. The minimum atomic E-state index is -4.13. The van der Waals surface area contributed by atoms with E-state index in [4.69, 9.17) is 10.5 Å². The fourth-order valence-electron chi connectivity index (χ4n) is 2.82. The first kappa shape index (κ1) is 11.2. The average molecular weight is 223 g/mol. The summed E-state index contributed by atoms with van der Waals surface area (Å²) in [7, 11) is 0. The Hall–Kier alpha value is -0.290. The smallest absolute Gasteiger partial charge is 0.375 e. The van der Waals surface area contributed by atoms with E-state index in [-0.39, 0.29) is 37.0 Å². The maximum absolute atomic E-state index is 12.6. The van der Waals surface area contributed by atoms with Gasteiger partial charge in [-0.1, -0.05) is 0 Å². The summed E-state index contributed by atoms with van der Waals surface area (Å²) in [6.45, 7) is 1.90. The molecule has 5 heteroatoms. The van der Waals surface area contributed by atoms with E-state index in [1.54, 1.807) is 0 Å². The lowest BCUT2D eigenvalue weighted by molar-refractivity contribution is -0.194. The van der Waals surface area contributed by atoms with Crippen molar-refractivity contribution >= 4 is 0 Å². The fourth-order valence-corrected chi connectivity index (χ4v) is 2.82. The van der Waals surface area contributed by atoms with Crippen molar-refractivity contribution in [3.8, 4) is 0 Å². The van der Waals surface area contributed by atoms with E-state index >= 15 is 0 Å². The third-order valence-corrected chi connectivity index (χ3v) is 3.58. The fraction of sp³-hybridized carbons (Fsp3) is 1.00. The largest absolute Gasteiger partial charge is 0.391 e. The van der Waals surface area contributed by atoms with Crippen molar-refractivity contribution in [1.29, 1.82) is 0 Å². The molecule has 0 aromatic heterocycles. The van der Waals surface area contributed by atoms with Crippen molar-refractivity contribution in [3.63, 3.8) is 0 Å². The first-order valence-electron chi connectivity index (χ1n) is 5.35. The van der Waals surface area contributed by atoms with Gasteiger partial charge in [-0.3, -0.25) is 0 Å². The van der Waals surface area contributed by atoms with Gasteiger partial charge < -0.3 is 10.5 Å². The molecule has 1 saturated carbocycles. The molecule has 0 spiro atoms. The standard InChI is InChI=1S/C10H16F3NO/c1-5-2-7-8(14)3-6(10(11,12)13)4-9(7)15-5/h5-9H,2-4,14H2,1H3. The Morgan fingerprint density at radius 1 is 1.20 bits per heavy atom. The summed E-state index contributed by atoms with van der Waals surface area (Å²) in [6, 6.07) is -0.361. The summed E-state index contributed by atoms with van der Waals surface area (Å²) in [5.41, 5.74) is 5.79. The summed E-state index contributed by atoms with van der Waals surface area (Å²) < 4.78 is 43.2. The molecule has 15 heavy (non-hydrogen) atoms. The second-order valence-corrected chi connectivity index (χ2v) is 4.76. The number of ether oxygens (including phenoxy) is 1. The maximum Gasteiger partial charge on any atom is 0.391 e. The van der Waals surface area contributed by atoms with Crippen molar-refractivity contribution in [1.82, 2.24) is 0 Å².